The molecule has 0 aliphatic heterocycles. The first-order valence-electron chi connectivity index (χ1n) is 9.71. The summed E-state index contributed by atoms with van der Waals surface area (Å²) >= 11 is 6.33. The molecule has 1 unspecified atom stereocenters. The summed E-state index contributed by atoms with van der Waals surface area (Å²) in [7, 11) is 1.31. The highest BCUT2D eigenvalue weighted by atomic mass is 35.5. The predicted octanol–water partition coefficient (Wildman–Crippen LogP) is 4.98. The van der Waals surface area contributed by atoms with Crippen LogP contribution in [-0.2, 0) is 14.3 Å². The maximum atomic E-state index is 13.3. The molecule has 9 heteroatoms. The first-order valence-corrected chi connectivity index (χ1v) is 10.1. The second kappa shape index (κ2) is 10.7. The monoisotopic (exact) mass is 434 g/mol. The number of ether oxygens (including phenoxy) is 2. The number of halogens is 1. The van der Waals surface area contributed by atoms with Gasteiger partial charge in [0.25, 0.3) is 5.69 Å². The van der Waals surface area contributed by atoms with Gasteiger partial charge in [0, 0.05) is 36.8 Å². The van der Waals surface area contributed by atoms with Crippen LogP contribution in [0.15, 0.2) is 17.9 Å². The number of esters is 1. The number of rotatable bonds is 9. The number of Topliss-reactive ketones (excluding diaryl/α,β-unsaturated/α-hetero) is 1. The van der Waals surface area contributed by atoms with Crippen LogP contribution < -0.4 is 4.74 Å². The van der Waals surface area contributed by atoms with Crippen LogP contribution in [-0.4, -0.2) is 23.8 Å². The number of benzene rings is 1. The highest BCUT2D eigenvalue weighted by Gasteiger charge is 2.35. The Bertz CT molecular complexity index is 919. The third-order valence-electron chi connectivity index (χ3n) is 4.91. The molecule has 1 aromatic carbocycles. The summed E-state index contributed by atoms with van der Waals surface area (Å²) in [5.41, 5.74) is -0.0347. The number of carbonyl (C=O) groups excluding carboxylic acids is 2. The molecule has 0 amide bonds. The Morgan fingerprint density at radius 2 is 2.17 bits per heavy atom. The van der Waals surface area contributed by atoms with E-state index in [4.69, 9.17) is 26.3 Å². The smallest absolute Gasteiger partial charge is 0.310 e. The SMILES string of the molecule is CCCCC(=O)OC1=C(c2c(Cl)cc([N+](=O)[O-])cc2OC)C(=O)C(CCC#N)CC1. The number of nitro benzene ring substituents is 1. The van der Waals surface area contributed by atoms with Gasteiger partial charge in [-0.15, -0.1) is 0 Å². The molecule has 30 heavy (non-hydrogen) atoms. The van der Waals surface area contributed by atoms with Crippen LogP contribution in [0, 0.1) is 27.4 Å². The summed E-state index contributed by atoms with van der Waals surface area (Å²) in [6.07, 6.45) is 3.01. The lowest BCUT2D eigenvalue weighted by Crippen LogP contribution is -2.24. The predicted molar refractivity (Wildman–Crippen MR) is 110 cm³/mol. The summed E-state index contributed by atoms with van der Waals surface area (Å²) in [6, 6.07) is 4.34. The van der Waals surface area contributed by atoms with Crippen LogP contribution in [0.25, 0.3) is 5.57 Å². The van der Waals surface area contributed by atoms with Gasteiger partial charge in [0.15, 0.2) is 5.78 Å². The highest BCUT2D eigenvalue weighted by Crippen LogP contribution is 2.43. The van der Waals surface area contributed by atoms with Crippen molar-refractivity contribution < 1.29 is 24.0 Å². The van der Waals surface area contributed by atoms with Gasteiger partial charge in [-0.2, -0.15) is 5.26 Å². The molecule has 2 rings (SSSR count). The second-order valence-electron chi connectivity index (χ2n) is 6.93. The number of nitrogens with zero attached hydrogens (tertiary/aromatic N) is 2. The molecule has 160 valence electrons. The van der Waals surface area contributed by atoms with E-state index in [0.717, 1.165) is 12.5 Å². The van der Waals surface area contributed by atoms with Crippen LogP contribution in [0.2, 0.25) is 5.02 Å². The molecule has 0 radical (unpaired) electrons. The number of allylic oxidation sites excluding steroid dienone is 2. The molecule has 0 saturated carbocycles. The quantitative estimate of drug-likeness (QED) is 0.305. The van der Waals surface area contributed by atoms with Crippen molar-refractivity contribution in [3.05, 3.63) is 38.6 Å². The molecule has 1 aliphatic rings. The molecule has 0 saturated heterocycles. The number of non-ortho nitro benzene ring substituents is 1. The Hall–Kier alpha value is -2.92. The summed E-state index contributed by atoms with van der Waals surface area (Å²) < 4.78 is 10.8. The topological polar surface area (TPSA) is 120 Å². The average Bonchev–Trinajstić information content (AvgIpc) is 2.72. The third-order valence-corrected chi connectivity index (χ3v) is 5.21. The highest BCUT2D eigenvalue weighted by molar-refractivity contribution is 6.36. The van der Waals surface area contributed by atoms with Crippen LogP contribution in [0.3, 0.4) is 0 Å². The fourth-order valence-electron chi connectivity index (χ4n) is 3.37. The molecule has 1 aliphatic carbocycles. The third kappa shape index (κ3) is 5.36. The summed E-state index contributed by atoms with van der Waals surface area (Å²) in [6.45, 7) is 1.95. The summed E-state index contributed by atoms with van der Waals surface area (Å²) in [5, 5.41) is 20.0. The number of ketones is 1. The largest absolute Gasteiger partial charge is 0.496 e. The van der Waals surface area contributed by atoms with Crippen LogP contribution >= 0.6 is 11.6 Å². The average molecular weight is 435 g/mol. The van der Waals surface area contributed by atoms with Crippen molar-refractivity contribution >= 4 is 34.6 Å². The zero-order valence-electron chi connectivity index (χ0n) is 16.9. The first kappa shape index (κ1) is 23.4. The number of nitriles is 1. The van der Waals surface area contributed by atoms with Gasteiger partial charge in [-0.05, 0) is 19.3 Å². The van der Waals surface area contributed by atoms with E-state index in [1.165, 1.54) is 13.2 Å². The van der Waals surface area contributed by atoms with E-state index < -0.39 is 16.8 Å². The molecule has 0 aromatic heterocycles. The zero-order chi connectivity index (χ0) is 22.3. The van der Waals surface area contributed by atoms with Gasteiger partial charge in [0.2, 0.25) is 0 Å². The maximum absolute atomic E-state index is 13.3. The Labute approximate surface area is 179 Å². The molecular formula is C21H23ClN2O6. The lowest BCUT2D eigenvalue weighted by atomic mass is 9.80. The van der Waals surface area contributed by atoms with Crippen molar-refractivity contribution in [1.82, 2.24) is 0 Å². The maximum Gasteiger partial charge on any atom is 0.310 e. The number of nitro groups is 1. The fourth-order valence-corrected chi connectivity index (χ4v) is 3.67. The molecular weight excluding hydrogens is 412 g/mol. The van der Waals surface area contributed by atoms with Gasteiger partial charge in [0.1, 0.15) is 11.5 Å². The molecule has 1 atom stereocenters. The van der Waals surface area contributed by atoms with E-state index in [1.807, 2.05) is 13.0 Å². The number of hydrogen-bond acceptors (Lipinski definition) is 7. The van der Waals surface area contributed by atoms with E-state index in [2.05, 4.69) is 0 Å². The molecule has 0 N–H and O–H groups in total. The number of methoxy groups -OCH3 is 1. The van der Waals surface area contributed by atoms with E-state index in [9.17, 15) is 19.7 Å². The van der Waals surface area contributed by atoms with Crippen LogP contribution in [0.4, 0.5) is 5.69 Å². The van der Waals surface area contributed by atoms with Crippen molar-refractivity contribution in [2.75, 3.05) is 7.11 Å². The lowest BCUT2D eigenvalue weighted by Gasteiger charge is -2.26. The van der Waals surface area contributed by atoms with Crippen molar-refractivity contribution in [2.45, 2.75) is 51.9 Å². The second-order valence-corrected chi connectivity index (χ2v) is 7.34. The van der Waals surface area contributed by atoms with Crippen molar-refractivity contribution in [3.8, 4) is 11.8 Å². The van der Waals surface area contributed by atoms with E-state index in [1.54, 1.807) is 0 Å². The molecule has 0 spiro atoms. The first-order chi connectivity index (χ1) is 14.3. The normalized spacial score (nSPS) is 16.2. The molecule has 0 bridgehead atoms. The van der Waals surface area contributed by atoms with Gasteiger partial charge in [-0.1, -0.05) is 24.9 Å². The molecule has 8 nitrogen and oxygen atoms in total. The number of hydrogen-bond donors (Lipinski definition) is 0. The van der Waals surface area contributed by atoms with Crippen molar-refractivity contribution in [1.29, 1.82) is 5.26 Å². The fraction of sp³-hybridized carbons (Fsp3) is 0.476. The molecule has 1 aromatic rings. The van der Waals surface area contributed by atoms with Gasteiger partial charge in [-0.25, -0.2) is 0 Å². The minimum Gasteiger partial charge on any atom is -0.496 e. The van der Waals surface area contributed by atoms with Crippen molar-refractivity contribution in [3.63, 3.8) is 0 Å². The lowest BCUT2D eigenvalue weighted by molar-refractivity contribution is -0.384. The Morgan fingerprint density at radius 1 is 1.43 bits per heavy atom. The van der Waals surface area contributed by atoms with Gasteiger partial charge in [0.05, 0.1) is 34.8 Å². The minimum absolute atomic E-state index is 0.0422. The van der Waals surface area contributed by atoms with Gasteiger partial charge in [-0.3, -0.25) is 19.7 Å². The van der Waals surface area contributed by atoms with Crippen molar-refractivity contribution in [2.24, 2.45) is 5.92 Å². The Kier molecular flexibility index (Phi) is 8.36. The zero-order valence-corrected chi connectivity index (χ0v) is 17.7. The van der Waals surface area contributed by atoms with E-state index in [-0.39, 0.29) is 52.0 Å². The summed E-state index contributed by atoms with van der Waals surface area (Å²) in [4.78, 5) is 36.0. The Balaban J connectivity index is 2.59. The van der Waals surface area contributed by atoms with Gasteiger partial charge >= 0.3 is 5.97 Å². The number of carbonyl (C=O) groups is 2. The summed E-state index contributed by atoms with van der Waals surface area (Å²) in [5.74, 6) is -0.980. The van der Waals surface area contributed by atoms with Gasteiger partial charge < -0.3 is 9.47 Å². The van der Waals surface area contributed by atoms with E-state index in [0.29, 0.717) is 25.7 Å². The standard InChI is InChI=1S/C21H23ClN2O6/c1-3-4-7-18(25)30-16-9-8-13(6-5-10-23)21(26)20(16)19-15(22)11-14(24(27)28)12-17(19)29-2/h11-13H,3-9H2,1-2H3. The molecule has 0 fully saturated rings. The van der Waals surface area contributed by atoms with E-state index >= 15 is 0 Å². The Morgan fingerprint density at radius 3 is 2.77 bits per heavy atom. The number of unbranched alkanes of at least 4 members (excludes halogenated alkanes) is 1. The van der Waals surface area contributed by atoms with Crippen LogP contribution in [0.5, 0.6) is 5.75 Å². The van der Waals surface area contributed by atoms with Crippen LogP contribution in [0.1, 0.15) is 57.4 Å². The molecule has 0 heterocycles. The minimum atomic E-state index is -0.614.